The Balaban J connectivity index is 2.40. The predicted octanol–water partition coefficient (Wildman–Crippen LogP) is 0.537. The van der Waals surface area contributed by atoms with Crippen LogP contribution in [-0.4, -0.2) is 66.4 Å². The molecule has 2 rings (SSSR count). The van der Waals surface area contributed by atoms with Gasteiger partial charge in [-0.3, -0.25) is 4.79 Å². The first-order valence-corrected chi connectivity index (χ1v) is 8.92. The summed E-state index contributed by atoms with van der Waals surface area (Å²) >= 11 is 1.07. The number of aliphatic carboxylic acids is 1. The standard InChI is InChI=1S/C13H16N2O5S2/c1-14(2)11(16)9-4-3-5-10(8-9)22(19,20)15-6-7-21-12(15)13(17)18/h3-5,8,12H,6-7H2,1-2H3,(H,17,18). The normalized spacial score (nSPS) is 19.1. The fourth-order valence-electron chi connectivity index (χ4n) is 2.08. The van der Waals surface area contributed by atoms with E-state index in [-0.39, 0.29) is 22.9 Å². The van der Waals surface area contributed by atoms with E-state index in [0.717, 1.165) is 16.1 Å². The van der Waals surface area contributed by atoms with Crippen molar-refractivity contribution in [3.05, 3.63) is 29.8 Å². The van der Waals surface area contributed by atoms with Crippen LogP contribution in [0.15, 0.2) is 29.2 Å². The number of benzene rings is 1. The molecule has 1 aromatic carbocycles. The van der Waals surface area contributed by atoms with E-state index in [1.807, 2.05) is 0 Å². The lowest BCUT2D eigenvalue weighted by molar-refractivity contribution is -0.138. The molecule has 1 saturated heterocycles. The first-order valence-electron chi connectivity index (χ1n) is 6.43. The number of carboxylic acids is 1. The fraction of sp³-hybridized carbons (Fsp3) is 0.385. The quantitative estimate of drug-likeness (QED) is 0.856. The maximum Gasteiger partial charge on any atom is 0.332 e. The second-order valence-corrected chi connectivity index (χ2v) is 7.98. The van der Waals surface area contributed by atoms with Gasteiger partial charge in [-0.1, -0.05) is 6.07 Å². The van der Waals surface area contributed by atoms with Crippen molar-refractivity contribution in [1.29, 1.82) is 0 Å². The van der Waals surface area contributed by atoms with Crippen molar-refractivity contribution in [2.75, 3.05) is 26.4 Å². The van der Waals surface area contributed by atoms with E-state index in [2.05, 4.69) is 0 Å². The third-order valence-electron chi connectivity index (χ3n) is 3.15. The van der Waals surface area contributed by atoms with Crippen molar-refractivity contribution < 1.29 is 23.1 Å². The molecule has 9 heteroatoms. The zero-order valence-corrected chi connectivity index (χ0v) is 13.7. The van der Waals surface area contributed by atoms with Crippen molar-refractivity contribution in [2.45, 2.75) is 10.3 Å². The number of thioether (sulfide) groups is 1. The molecule has 0 aliphatic carbocycles. The third kappa shape index (κ3) is 3.11. The Kier molecular flexibility index (Phi) is 4.78. The number of amides is 1. The molecule has 0 bridgehead atoms. The van der Waals surface area contributed by atoms with Gasteiger partial charge in [0.2, 0.25) is 10.0 Å². The van der Waals surface area contributed by atoms with Gasteiger partial charge < -0.3 is 10.0 Å². The Hall–Kier alpha value is -1.58. The van der Waals surface area contributed by atoms with Gasteiger partial charge in [-0.05, 0) is 18.2 Å². The summed E-state index contributed by atoms with van der Waals surface area (Å²) in [7, 11) is -0.813. The minimum absolute atomic E-state index is 0.0750. The molecule has 0 saturated carbocycles. The summed E-state index contributed by atoms with van der Waals surface area (Å²) in [6.07, 6.45) is 0. The zero-order valence-electron chi connectivity index (χ0n) is 12.1. The highest BCUT2D eigenvalue weighted by molar-refractivity contribution is 8.02. The molecule has 1 heterocycles. The summed E-state index contributed by atoms with van der Waals surface area (Å²) in [5.41, 5.74) is 0.241. The zero-order chi connectivity index (χ0) is 16.5. The highest BCUT2D eigenvalue weighted by atomic mass is 32.2. The minimum Gasteiger partial charge on any atom is -0.479 e. The monoisotopic (exact) mass is 344 g/mol. The van der Waals surface area contributed by atoms with Crippen molar-refractivity contribution >= 4 is 33.7 Å². The molecule has 1 aliphatic rings. The van der Waals surface area contributed by atoms with Gasteiger partial charge in [-0.25, -0.2) is 13.2 Å². The summed E-state index contributed by atoms with van der Waals surface area (Å²) in [5, 5.41) is 8.00. The predicted molar refractivity (Wildman–Crippen MR) is 82.2 cm³/mol. The lowest BCUT2D eigenvalue weighted by Crippen LogP contribution is -2.39. The average Bonchev–Trinajstić information content (AvgIpc) is 2.97. The highest BCUT2D eigenvalue weighted by Crippen LogP contribution is 2.30. The van der Waals surface area contributed by atoms with E-state index in [0.29, 0.717) is 5.75 Å². The van der Waals surface area contributed by atoms with Crippen LogP contribution in [0.25, 0.3) is 0 Å². The summed E-state index contributed by atoms with van der Waals surface area (Å²) < 4.78 is 26.2. The van der Waals surface area contributed by atoms with Crippen LogP contribution in [0.4, 0.5) is 0 Å². The molecule has 0 spiro atoms. The maximum atomic E-state index is 12.6. The van der Waals surface area contributed by atoms with Crippen LogP contribution in [0.2, 0.25) is 0 Å². The van der Waals surface area contributed by atoms with Crippen LogP contribution >= 0.6 is 11.8 Å². The Labute approximate surface area is 133 Å². The van der Waals surface area contributed by atoms with E-state index in [9.17, 15) is 18.0 Å². The van der Waals surface area contributed by atoms with Crippen LogP contribution in [0, 0.1) is 0 Å². The number of carbonyl (C=O) groups is 2. The van der Waals surface area contributed by atoms with Crippen molar-refractivity contribution in [1.82, 2.24) is 9.21 Å². The smallest absolute Gasteiger partial charge is 0.332 e. The molecule has 1 atom stereocenters. The fourth-order valence-corrected chi connectivity index (χ4v) is 5.13. The molecule has 22 heavy (non-hydrogen) atoms. The Morgan fingerprint density at radius 1 is 1.36 bits per heavy atom. The number of rotatable bonds is 4. The van der Waals surface area contributed by atoms with E-state index >= 15 is 0 Å². The molecule has 0 radical (unpaired) electrons. The first kappa shape index (κ1) is 16.8. The van der Waals surface area contributed by atoms with Gasteiger partial charge in [0.25, 0.3) is 5.91 Å². The second-order valence-electron chi connectivity index (χ2n) is 4.90. The number of sulfonamides is 1. The molecule has 120 valence electrons. The van der Waals surface area contributed by atoms with E-state index < -0.39 is 21.4 Å². The average molecular weight is 344 g/mol. The van der Waals surface area contributed by atoms with Gasteiger partial charge in [0.05, 0.1) is 4.90 Å². The molecular weight excluding hydrogens is 328 g/mol. The molecule has 7 nitrogen and oxygen atoms in total. The molecule has 1 aliphatic heterocycles. The van der Waals surface area contributed by atoms with E-state index in [1.165, 1.54) is 29.2 Å². The third-order valence-corrected chi connectivity index (χ3v) is 6.34. The Morgan fingerprint density at radius 2 is 2.05 bits per heavy atom. The summed E-state index contributed by atoms with van der Waals surface area (Å²) in [6, 6.07) is 5.64. The maximum absolute atomic E-state index is 12.6. The van der Waals surface area contributed by atoms with Crippen LogP contribution in [-0.2, 0) is 14.8 Å². The van der Waals surface area contributed by atoms with Crippen LogP contribution in [0.3, 0.4) is 0 Å². The molecule has 1 amide bonds. The van der Waals surface area contributed by atoms with Gasteiger partial charge in [-0.15, -0.1) is 11.8 Å². The molecule has 1 fully saturated rings. The SMILES string of the molecule is CN(C)C(=O)c1cccc(S(=O)(=O)N2CCSC2C(=O)O)c1. The lowest BCUT2D eigenvalue weighted by Gasteiger charge is -2.20. The number of nitrogens with zero attached hydrogens (tertiary/aromatic N) is 2. The highest BCUT2D eigenvalue weighted by Gasteiger charge is 2.40. The van der Waals surface area contributed by atoms with Gasteiger partial charge in [-0.2, -0.15) is 4.31 Å². The van der Waals surface area contributed by atoms with Gasteiger partial charge >= 0.3 is 5.97 Å². The summed E-state index contributed by atoms with van der Waals surface area (Å²) in [6.45, 7) is 0.135. The Morgan fingerprint density at radius 3 is 2.64 bits per heavy atom. The second kappa shape index (κ2) is 6.27. The van der Waals surface area contributed by atoms with Crippen molar-refractivity contribution in [2.24, 2.45) is 0 Å². The lowest BCUT2D eigenvalue weighted by atomic mass is 10.2. The van der Waals surface area contributed by atoms with Crippen molar-refractivity contribution in [3.63, 3.8) is 0 Å². The molecule has 1 aromatic rings. The van der Waals surface area contributed by atoms with Crippen LogP contribution in [0.1, 0.15) is 10.4 Å². The summed E-state index contributed by atoms with van der Waals surface area (Å²) in [4.78, 5) is 24.4. The number of hydrogen-bond donors (Lipinski definition) is 1. The summed E-state index contributed by atoms with van der Waals surface area (Å²) in [5.74, 6) is -1.08. The topological polar surface area (TPSA) is 95.0 Å². The van der Waals surface area contributed by atoms with Crippen LogP contribution < -0.4 is 0 Å². The minimum atomic E-state index is -3.95. The van der Waals surface area contributed by atoms with E-state index in [1.54, 1.807) is 14.1 Å². The molecular formula is C13H16N2O5S2. The van der Waals surface area contributed by atoms with Gasteiger partial charge in [0.1, 0.15) is 0 Å². The number of hydrogen-bond acceptors (Lipinski definition) is 5. The molecule has 1 N–H and O–H groups in total. The number of carboxylic acid groups (broad SMARTS) is 1. The number of carbonyl (C=O) groups excluding carboxylic acids is 1. The molecule has 1 unspecified atom stereocenters. The van der Waals surface area contributed by atoms with Gasteiger partial charge in [0.15, 0.2) is 5.37 Å². The van der Waals surface area contributed by atoms with Crippen molar-refractivity contribution in [3.8, 4) is 0 Å². The largest absolute Gasteiger partial charge is 0.479 e. The first-order chi connectivity index (χ1) is 10.2. The van der Waals surface area contributed by atoms with E-state index in [4.69, 9.17) is 5.11 Å². The van der Waals surface area contributed by atoms with Crippen LogP contribution in [0.5, 0.6) is 0 Å². The molecule has 0 aromatic heterocycles. The Bertz CT molecular complexity index is 702. The van der Waals surface area contributed by atoms with Gasteiger partial charge in [0, 0.05) is 32.0 Å².